The number of H-pyrrole nitrogens is 4. The molecule has 0 radical (unpaired) electrons. The van der Waals surface area contributed by atoms with Crippen molar-refractivity contribution in [3.05, 3.63) is 116 Å². The fourth-order valence-corrected chi connectivity index (χ4v) is 13.5. The van der Waals surface area contributed by atoms with Gasteiger partial charge in [-0.25, -0.2) is 23.4 Å². The summed E-state index contributed by atoms with van der Waals surface area (Å²) < 4.78 is 43.6. The maximum Gasteiger partial charge on any atom is 0.237 e. The van der Waals surface area contributed by atoms with E-state index in [2.05, 4.69) is 118 Å². The van der Waals surface area contributed by atoms with Crippen molar-refractivity contribution in [3.8, 4) is 44.5 Å². The monoisotopic (exact) mass is 1150 g/mol. The second-order valence-electron chi connectivity index (χ2n) is 23.7. The van der Waals surface area contributed by atoms with Crippen molar-refractivity contribution in [1.29, 1.82) is 0 Å². The number of fused-ring (bicyclic) bond motifs is 3. The Morgan fingerprint density at radius 1 is 0.536 bits per heavy atom. The normalized spacial score (nSPS) is 16.2. The largest absolute Gasteiger partial charge is 0.364 e. The van der Waals surface area contributed by atoms with Crippen LogP contribution in [-0.4, -0.2) is 95.1 Å². The highest BCUT2D eigenvalue weighted by Gasteiger charge is 2.37. The molecule has 9 heterocycles. The van der Waals surface area contributed by atoms with Gasteiger partial charge in [0.15, 0.2) is 0 Å². The minimum atomic E-state index is -3.41. The number of imidazole rings is 3. The molecular weight excluding hydrogens is 1080 g/mol. The zero-order valence-electron chi connectivity index (χ0n) is 49.7. The van der Waals surface area contributed by atoms with Gasteiger partial charge in [-0.3, -0.25) is 14.7 Å². The van der Waals surface area contributed by atoms with E-state index in [1.54, 1.807) is 0 Å². The third kappa shape index (κ3) is 10.2. The second kappa shape index (κ2) is 20.9. The van der Waals surface area contributed by atoms with E-state index in [0.29, 0.717) is 24.3 Å². The fraction of sp³-hybridized carbons (Fsp3) is 0.375. The lowest BCUT2D eigenvalue weighted by Gasteiger charge is -2.10. The summed E-state index contributed by atoms with van der Waals surface area (Å²) in [6.07, 6.45) is 8.44. The van der Waals surface area contributed by atoms with Crippen molar-refractivity contribution in [2.24, 2.45) is 15.9 Å². The van der Waals surface area contributed by atoms with Gasteiger partial charge in [0.25, 0.3) is 0 Å². The molecule has 10 aromatic rings. The summed E-state index contributed by atoms with van der Waals surface area (Å²) in [6.45, 7) is 26.8. The molecule has 0 amide bonds. The lowest BCUT2D eigenvalue weighted by Crippen LogP contribution is -2.18. The molecule has 0 spiro atoms. The van der Waals surface area contributed by atoms with Crippen molar-refractivity contribution in [3.63, 3.8) is 0 Å². The Hall–Kier alpha value is -8.65. The molecule has 3 saturated carbocycles. The molecule has 19 nitrogen and oxygen atoms in total. The fourth-order valence-electron chi connectivity index (χ4n) is 12.2. The Labute approximate surface area is 486 Å². The molecule has 2 aliphatic heterocycles. The average molecular weight is 1150 g/mol. The molecule has 5 aliphatic rings. The summed E-state index contributed by atoms with van der Waals surface area (Å²) in [5.41, 5.74) is 28.0. The number of hydrogen-bond acceptors (Lipinski definition) is 14. The average Bonchev–Trinajstić information content (AvgIpc) is 2.39. The van der Waals surface area contributed by atoms with Crippen molar-refractivity contribution < 1.29 is 22.0 Å². The molecule has 3 aromatic carbocycles. The van der Waals surface area contributed by atoms with Crippen LogP contribution in [0.2, 0.25) is 0 Å². The van der Waals surface area contributed by atoms with Crippen LogP contribution in [0.5, 0.6) is 0 Å². The van der Waals surface area contributed by atoms with Gasteiger partial charge in [-0.1, -0.05) is 15.5 Å². The summed E-state index contributed by atoms with van der Waals surface area (Å²) in [4.78, 5) is 37.2. The van der Waals surface area contributed by atoms with Crippen LogP contribution in [-0.2, 0) is 10.0 Å². The summed E-state index contributed by atoms with van der Waals surface area (Å²) in [7, 11) is -3.41. The van der Waals surface area contributed by atoms with Gasteiger partial charge >= 0.3 is 0 Å². The lowest BCUT2D eigenvalue weighted by molar-refractivity contribution is 0.393. The minimum Gasteiger partial charge on any atom is -0.364 e. The molecule has 0 saturated heterocycles. The van der Waals surface area contributed by atoms with Crippen LogP contribution in [0.15, 0.2) is 77.3 Å². The third-order valence-electron chi connectivity index (χ3n) is 16.9. The Balaban J connectivity index is 0.000000118. The van der Waals surface area contributed by atoms with E-state index in [1.807, 2.05) is 67.7 Å². The number of nitrogens with zero attached hydrogens (tertiary/aromatic N) is 8. The number of aromatic amines is 4. The van der Waals surface area contributed by atoms with E-state index >= 15 is 0 Å². The standard InChI is InChI=1S/C22H25N5O.C21H23N5O3S.C21H22N4O/c1-11-9-23-12(2)19(11)17-7-16(20-13(3)27-28-14(20)4)8-18-21(17)26-22(25-18)24-10-15-5-6-15;1-10-9-22-11(2)18(10)16-7-14(19-12(3)25-29-13(19)4)8-17-20(16)24-21(23-17)26-30(27,28)15-5-6-15;1-10-9-22-11(2)18(10)16-7-15(19-12(3)25-26-13(19)4)8-17-20(16)24-21(23-17)14-5-6-14/h7-8,15H,5-6,9-10H2,1-4H3,(H2,24,25,26);7-9,15,22H,5-6H2,1-4H3,(H2,23,24,26);7-8,14H,5-6,9H2,1-4H3,(H,23,24). The van der Waals surface area contributed by atoms with Crippen molar-refractivity contribution in [2.75, 3.05) is 29.7 Å². The number of aryl methyl sites for hydroxylation is 8. The predicted molar refractivity (Wildman–Crippen MR) is 332 cm³/mol. The van der Waals surface area contributed by atoms with Crippen LogP contribution in [0.25, 0.3) is 88.8 Å². The molecule has 6 N–H and O–H groups in total. The van der Waals surface area contributed by atoms with Gasteiger partial charge in [-0.2, -0.15) is 0 Å². The Bertz CT molecular complexity index is 4470. The molecule has 0 atom stereocenters. The molecule has 15 rings (SSSR count). The first-order chi connectivity index (χ1) is 40.3. The highest BCUT2D eigenvalue weighted by molar-refractivity contribution is 7.93. The first-order valence-electron chi connectivity index (χ1n) is 29.0. The van der Waals surface area contributed by atoms with E-state index < -0.39 is 10.0 Å². The zero-order chi connectivity index (χ0) is 58.6. The molecule has 20 heteroatoms. The highest BCUT2D eigenvalue weighted by Crippen LogP contribution is 2.44. The van der Waals surface area contributed by atoms with Gasteiger partial charge in [0, 0.05) is 85.9 Å². The zero-order valence-corrected chi connectivity index (χ0v) is 50.5. The Morgan fingerprint density at radius 3 is 1.43 bits per heavy atom. The maximum absolute atomic E-state index is 12.4. The number of hydrogen-bond donors (Lipinski definition) is 6. The quantitative estimate of drug-likeness (QED) is 0.0630. The summed E-state index contributed by atoms with van der Waals surface area (Å²) >= 11 is 0. The van der Waals surface area contributed by atoms with Crippen LogP contribution >= 0.6 is 0 Å². The first kappa shape index (κ1) is 54.6. The Morgan fingerprint density at radius 2 is 1.00 bits per heavy atom. The molecule has 0 unspecified atom stereocenters. The number of aliphatic imine (C=N–C) groups is 2. The number of nitrogens with one attached hydrogen (secondary N) is 6. The van der Waals surface area contributed by atoms with Gasteiger partial charge in [-0.15, -0.1) is 0 Å². The summed E-state index contributed by atoms with van der Waals surface area (Å²) in [6, 6.07) is 12.8. The topological polar surface area (TPSA) is 263 Å². The van der Waals surface area contributed by atoms with Gasteiger partial charge < -0.3 is 38.8 Å². The number of sulfonamides is 1. The van der Waals surface area contributed by atoms with E-state index in [1.165, 1.54) is 48.0 Å². The number of benzene rings is 3. The number of anilines is 2. The molecule has 432 valence electrons. The molecule has 3 aliphatic carbocycles. The van der Waals surface area contributed by atoms with Crippen molar-refractivity contribution in [2.45, 2.75) is 133 Å². The summed E-state index contributed by atoms with van der Waals surface area (Å²) in [5, 5.41) is 15.5. The van der Waals surface area contributed by atoms with E-state index in [-0.39, 0.29) is 11.2 Å². The Kier molecular flexibility index (Phi) is 13.6. The number of allylic oxidation sites excluding steroid dienone is 2. The smallest absolute Gasteiger partial charge is 0.237 e. The molecule has 3 fully saturated rings. The van der Waals surface area contributed by atoms with Gasteiger partial charge in [0.2, 0.25) is 21.9 Å². The summed E-state index contributed by atoms with van der Waals surface area (Å²) in [5.74, 6) is 5.97. The minimum absolute atomic E-state index is 0.236. The van der Waals surface area contributed by atoms with Crippen LogP contribution in [0.1, 0.15) is 135 Å². The van der Waals surface area contributed by atoms with Crippen molar-refractivity contribution >= 4 is 77.6 Å². The number of aromatic nitrogens is 10. The third-order valence-corrected chi connectivity index (χ3v) is 18.8. The second-order valence-corrected chi connectivity index (χ2v) is 25.6. The molecular formula is C64H70N14O5S. The lowest BCUT2D eigenvalue weighted by atomic mass is 9.93. The van der Waals surface area contributed by atoms with Gasteiger partial charge in [0.05, 0.1) is 68.5 Å². The van der Waals surface area contributed by atoms with E-state index in [0.717, 1.165) is 178 Å². The van der Waals surface area contributed by atoms with E-state index in [4.69, 9.17) is 23.5 Å². The van der Waals surface area contributed by atoms with Crippen LogP contribution in [0.3, 0.4) is 0 Å². The van der Waals surface area contributed by atoms with Gasteiger partial charge in [-0.05, 0) is 197 Å². The van der Waals surface area contributed by atoms with Crippen molar-refractivity contribution in [1.82, 2.24) is 50.4 Å². The molecule has 7 aromatic heterocycles. The first-order valence-corrected chi connectivity index (χ1v) is 30.6. The van der Waals surface area contributed by atoms with E-state index in [9.17, 15) is 8.42 Å². The highest BCUT2D eigenvalue weighted by atomic mass is 32.2. The van der Waals surface area contributed by atoms with Crippen LogP contribution in [0, 0.1) is 61.3 Å². The SMILES string of the molecule is CC1=NCC(C)=C1c1cc(-c2c(C)noc2C)cc2[nH]c(C3CC3)nc12.CC1=NCC(C)=C1c1cc(-c2c(C)noc2C)cc2[nH]c(NCC3CC3)nc12.Cc1c[nH]c(C)c1-c1cc(-c2c(C)noc2C)cc2[nH]c(NS(=O)(=O)C3CC3)nc12. The van der Waals surface area contributed by atoms with Crippen LogP contribution < -0.4 is 10.0 Å². The molecule has 0 bridgehead atoms. The van der Waals surface area contributed by atoms with Crippen LogP contribution in [0.4, 0.5) is 11.9 Å². The number of rotatable bonds is 13. The molecule has 84 heavy (non-hydrogen) atoms. The predicted octanol–water partition coefficient (Wildman–Crippen LogP) is 14.2. The van der Waals surface area contributed by atoms with Gasteiger partial charge in [0.1, 0.15) is 23.1 Å². The maximum atomic E-state index is 12.4.